The molecular weight excluding hydrogens is 282 g/mol. The Bertz CT molecular complexity index is 433. The van der Waals surface area contributed by atoms with E-state index in [-0.39, 0.29) is 12.0 Å². The van der Waals surface area contributed by atoms with E-state index in [0.29, 0.717) is 19.6 Å². The van der Waals surface area contributed by atoms with Crippen LogP contribution in [0.4, 0.5) is 0 Å². The van der Waals surface area contributed by atoms with E-state index in [1.807, 2.05) is 13.1 Å². The Balaban J connectivity index is 1.92. The lowest BCUT2D eigenvalue weighted by Crippen LogP contribution is -2.21. The van der Waals surface area contributed by atoms with E-state index in [1.165, 1.54) is 11.1 Å². The van der Waals surface area contributed by atoms with Gasteiger partial charge < -0.3 is 9.64 Å². The molecule has 0 bridgehead atoms. The van der Waals surface area contributed by atoms with Crippen LogP contribution in [-0.2, 0) is 16.1 Å². The summed E-state index contributed by atoms with van der Waals surface area (Å²) in [6.45, 7) is 3.34. The van der Waals surface area contributed by atoms with Gasteiger partial charge in [0.1, 0.15) is 0 Å². The minimum Gasteiger partial charge on any atom is -0.371 e. The van der Waals surface area contributed by atoms with Gasteiger partial charge in [-0.1, -0.05) is 22.0 Å². The van der Waals surface area contributed by atoms with E-state index in [1.54, 1.807) is 4.90 Å². The standard InChI is InChI=1S/C13H16BrNO2/c1-9-5-11(14)4-3-10(9)8-17-12-6-13(16)15(2)7-12/h3-5,12H,6-8H2,1-2H3. The molecule has 1 saturated heterocycles. The third kappa shape index (κ3) is 3.07. The maximum atomic E-state index is 11.3. The molecule has 1 atom stereocenters. The molecule has 1 aliphatic rings. The number of rotatable bonds is 3. The smallest absolute Gasteiger partial charge is 0.225 e. The highest BCUT2D eigenvalue weighted by Gasteiger charge is 2.27. The van der Waals surface area contributed by atoms with Gasteiger partial charge in [0.15, 0.2) is 0 Å². The molecule has 1 unspecified atom stereocenters. The second kappa shape index (κ2) is 5.19. The van der Waals surface area contributed by atoms with Crippen LogP contribution < -0.4 is 0 Å². The van der Waals surface area contributed by atoms with Crippen molar-refractivity contribution >= 4 is 21.8 Å². The van der Waals surface area contributed by atoms with Crippen LogP contribution in [0.15, 0.2) is 22.7 Å². The Kier molecular flexibility index (Phi) is 3.84. The molecule has 4 heteroatoms. The molecule has 3 nitrogen and oxygen atoms in total. The van der Waals surface area contributed by atoms with Crippen LogP contribution >= 0.6 is 15.9 Å². The van der Waals surface area contributed by atoms with Crippen molar-refractivity contribution in [1.82, 2.24) is 4.90 Å². The molecule has 0 spiro atoms. The summed E-state index contributed by atoms with van der Waals surface area (Å²) in [7, 11) is 1.82. The third-order valence-electron chi connectivity index (χ3n) is 3.08. The number of amides is 1. The first kappa shape index (κ1) is 12.6. The van der Waals surface area contributed by atoms with Crippen LogP contribution in [0.25, 0.3) is 0 Å². The van der Waals surface area contributed by atoms with Gasteiger partial charge in [-0.15, -0.1) is 0 Å². The van der Waals surface area contributed by atoms with Crippen LogP contribution in [0.3, 0.4) is 0 Å². The van der Waals surface area contributed by atoms with Gasteiger partial charge in [-0.25, -0.2) is 0 Å². The number of aryl methyl sites for hydroxylation is 1. The fourth-order valence-electron chi connectivity index (χ4n) is 1.96. The largest absolute Gasteiger partial charge is 0.371 e. The zero-order chi connectivity index (χ0) is 12.4. The number of nitrogens with zero attached hydrogens (tertiary/aromatic N) is 1. The predicted octanol–water partition coefficient (Wildman–Crippen LogP) is 2.50. The normalized spacial score (nSPS) is 20.1. The number of halogens is 1. The maximum absolute atomic E-state index is 11.3. The molecule has 2 rings (SSSR count). The summed E-state index contributed by atoms with van der Waals surface area (Å²) >= 11 is 3.44. The van der Waals surface area contributed by atoms with Gasteiger partial charge in [0.05, 0.1) is 19.1 Å². The molecule has 1 amide bonds. The number of hydrogen-bond acceptors (Lipinski definition) is 2. The van der Waals surface area contributed by atoms with Gasteiger partial charge in [0.25, 0.3) is 0 Å². The van der Waals surface area contributed by atoms with Crippen LogP contribution in [0.1, 0.15) is 17.5 Å². The SMILES string of the molecule is Cc1cc(Br)ccc1COC1CC(=O)N(C)C1. The topological polar surface area (TPSA) is 29.5 Å². The summed E-state index contributed by atoms with van der Waals surface area (Å²) in [5.41, 5.74) is 2.38. The lowest BCUT2D eigenvalue weighted by atomic mass is 10.1. The highest BCUT2D eigenvalue weighted by Crippen LogP contribution is 2.19. The molecule has 1 aromatic rings. The first-order valence-corrected chi connectivity index (χ1v) is 6.46. The third-order valence-corrected chi connectivity index (χ3v) is 3.58. The zero-order valence-electron chi connectivity index (χ0n) is 10.1. The molecule has 0 aromatic heterocycles. The predicted molar refractivity (Wildman–Crippen MR) is 69.7 cm³/mol. The molecule has 0 N–H and O–H groups in total. The van der Waals surface area contributed by atoms with E-state index in [0.717, 1.165) is 4.47 Å². The molecule has 1 fully saturated rings. The van der Waals surface area contributed by atoms with Gasteiger partial charge in [0, 0.05) is 18.1 Å². The van der Waals surface area contributed by atoms with E-state index in [2.05, 4.69) is 35.0 Å². The molecular formula is C13H16BrNO2. The second-order valence-electron chi connectivity index (χ2n) is 4.48. The summed E-state index contributed by atoms with van der Waals surface area (Å²) in [6, 6.07) is 6.14. The Hall–Kier alpha value is -0.870. The Morgan fingerprint density at radius 2 is 2.29 bits per heavy atom. The van der Waals surface area contributed by atoms with Gasteiger partial charge >= 0.3 is 0 Å². The number of benzene rings is 1. The highest BCUT2D eigenvalue weighted by atomic mass is 79.9. The summed E-state index contributed by atoms with van der Waals surface area (Å²) in [5.74, 6) is 0.169. The van der Waals surface area contributed by atoms with Gasteiger partial charge in [-0.2, -0.15) is 0 Å². The lowest BCUT2D eigenvalue weighted by Gasteiger charge is -2.13. The van der Waals surface area contributed by atoms with Crippen molar-refractivity contribution in [2.45, 2.75) is 26.1 Å². The van der Waals surface area contributed by atoms with E-state index in [4.69, 9.17) is 4.74 Å². The van der Waals surface area contributed by atoms with Gasteiger partial charge in [-0.3, -0.25) is 4.79 Å². The second-order valence-corrected chi connectivity index (χ2v) is 5.40. The molecule has 0 saturated carbocycles. The molecule has 0 radical (unpaired) electrons. The molecule has 1 aliphatic heterocycles. The quantitative estimate of drug-likeness (QED) is 0.858. The first-order chi connectivity index (χ1) is 8.06. The fraction of sp³-hybridized carbons (Fsp3) is 0.462. The van der Waals surface area contributed by atoms with Crippen molar-refractivity contribution in [3.63, 3.8) is 0 Å². The first-order valence-electron chi connectivity index (χ1n) is 5.67. The van der Waals surface area contributed by atoms with Crippen molar-refractivity contribution in [1.29, 1.82) is 0 Å². The number of carbonyl (C=O) groups excluding carboxylic acids is 1. The van der Waals surface area contributed by atoms with Crippen LogP contribution in [0.2, 0.25) is 0 Å². The van der Waals surface area contributed by atoms with Crippen molar-refractivity contribution < 1.29 is 9.53 Å². The van der Waals surface area contributed by atoms with Gasteiger partial charge in [0.2, 0.25) is 5.91 Å². The van der Waals surface area contributed by atoms with E-state index < -0.39 is 0 Å². The Morgan fingerprint density at radius 1 is 1.53 bits per heavy atom. The number of likely N-dealkylation sites (tertiary alicyclic amines) is 1. The monoisotopic (exact) mass is 297 g/mol. The van der Waals surface area contributed by atoms with E-state index >= 15 is 0 Å². The number of ether oxygens (including phenoxy) is 1. The fourth-order valence-corrected chi connectivity index (χ4v) is 2.44. The number of carbonyl (C=O) groups is 1. The molecule has 92 valence electrons. The van der Waals surface area contributed by atoms with Crippen LogP contribution in [-0.4, -0.2) is 30.5 Å². The summed E-state index contributed by atoms with van der Waals surface area (Å²) in [4.78, 5) is 13.1. The summed E-state index contributed by atoms with van der Waals surface area (Å²) in [6.07, 6.45) is 0.544. The molecule has 17 heavy (non-hydrogen) atoms. The zero-order valence-corrected chi connectivity index (χ0v) is 11.7. The van der Waals surface area contributed by atoms with Crippen LogP contribution in [0, 0.1) is 6.92 Å². The van der Waals surface area contributed by atoms with Crippen molar-refractivity contribution in [3.8, 4) is 0 Å². The maximum Gasteiger partial charge on any atom is 0.225 e. The molecule has 0 aliphatic carbocycles. The van der Waals surface area contributed by atoms with Gasteiger partial charge in [-0.05, 0) is 30.2 Å². The molecule has 1 aromatic carbocycles. The lowest BCUT2D eigenvalue weighted by molar-refractivity contribution is -0.126. The number of likely N-dealkylation sites (N-methyl/N-ethyl adjacent to an activating group) is 1. The summed E-state index contributed by atoms with van der Waals surface area (Å²) < 4.78 is 6.85. The Morgan fingerprint density at radius 3 is 2.88 bits per heavy atom. The highest BCUT2D eigenvalue weighted by molar-refractivity contribution is 9.10. The Labute approximate surface area is 110 Å². The molecule has 1 heterocycles. The van der Waals surface area contributed by atoms with E-state index in [9.17, 15) is 4.79 Å². The van der Waals surface area contributed by atoms with Crippen molar-refractivity contribution in [3.05, 3.63) is 33.8 Å². The average molecular weight is 298 g/mol. The van der Waals surface area contributed by atoms with Crippen molar-refractivity contribution in [2.75, 3.05) is 13.6 Å². The summed E-state index contributed by atoms with van der Waals surface area (Å²) in [5, 5.41) is 0. The minimum absolute atomic E-state index is 0.0375. The van der Waals surface area contributed by atoms with Crippen molar-refractivity contribution in [2.24, 2.45) is 0 Å². The minimum atomic E-state index is 0.0375. The number of hydrogen-bond donors (Lipinski definition) is 0. The van der Waals surface area contributed by atoms with Crippen LogP contribution in [0.5, 0.6) is 0 Å². The average Bonchev–Trinajstić information content (AvgIpc) is 2.57.